The summed E-state index contributed by atoms with van der Waals surface area (Å²) in [7, 11) is -5.34. The van der Waals surface area contributed by atoms with Crippen molar-refractivity contribution in [3.8, 4) is 16.9 Å². The Labute approximate surface area is 169 Å². The predicted molar refractivity (Wildman–Crippen MR) is 96.3 cm³/mol. The van der Waals surface area contributed by atoms with Crippen LogP contribution in [0.25, 0.3) is 11.1 Å². The van der Waals surface area contributed by atoms with Gasteiger partial charge in [-0.3, -0.25) is 0 Å². The second kappa shape index (κ2) is 8.01. The standard InChI is InChI=1S/C18H17F3O8S/c1-17(2,3)28-16(23)13-11(10-8-6-5-7-9-10)12(14(27-13)15(22)26-4)29-30(24,25)18(19,20)21/h5-9H,1-4H3. The van der Waals surface area contributed by atoms with Gasteiger partial charge in [0.05, 0.1) is 12.7 Å². The van der Waals surface area contributed by atoms with E-state index in [4.69, 9.17) is 9.15 Å². The molecule has 8 nitrogen and oxygen atoms in total. The van der Waals surface area contributed by atoms with Gasteiger partial charge in [0.25, 0.3) is 5.76 Å². The molecule has 0 aliphatic rings. The molecule has 0 spiro atoms. The molecule has 30 heavy (non-hydrogen) atoms. The number of carbonyl (C=O) groups excluding carboxylic acids is 2. The van der Waals surface area contributed by atoms with E-state index < -0.39 is 56.0 Å². The van der Waals surface area contributed by atoms with E-state index in [1.807, 2.05) is 0 Å². The Balaban J connectivity index is 2.83. The summed E-state index contributed by atoms with van der Waals surface area (Å²) in [6.07, 6.45) is 0. The zero-order valence-electron chi connectivity index (χ0n) is 16.2. The van der Waals surface area contributed by atoms with Gasteiger partial charge in [0.1, 0.15) is 5.60 Å². The van der Waals surface area contributed by atoms with E-state index in [1.54, 1.807) is 6.07 Å². The summed E-state index contributed by atoms with van der Waals surface area (Å²) in [5.41, 5.74) is -7.33. The number of carbonyl (C=O) groups is 2. The SMILES string of the molecule is COC(=O)c1oc(C(=O)OC(C)(C)C)c(-c2ccccc2)c1OS(=O)(=O)C(F)(F)F. The van der Waals surface area contributed by atoms with Crippen LogP contribution < -0.4 is 4.18 Å². The van der Waals surface area contributed by atoms with Crippen molar-refractivity contribution in [3.63, 3.8) is 0 Å². The molecule has 2 rings (SSSR count). The highest BCUT2D eigenvalue weighted by atomic mass is 32.2. The summed E-state index contributed by atoms with van der Waals surface area (Å²) < 4.78 is 80.9. The Morgan fingerprint density at radius 2 is 1.53 bits per heavy atom. The average molecular weight is 450 g/mol. The van der Waals surface area contributed by atoms with Crippen molar-refractivity contribution in [2.45, 2.75) is 31.9 Å². The fourth-order valence-corrected chi connectivity index (χ4v) is 2.69. The normalized spacial score (nSPS) is 12.4. The molecule has 0 fully saturated rings. The number of esters is 2. The number of hydrogen-bond acceptors (Lipinski definition) is 8. The molecule has 0 N–H and O–H groups in total. The maximum absolute atomic E-state index is 12.9. The molecule has 0 unspecified atom stereocenters. The lowest BCUT2D eigenvalue weighted by Gasteiger charge is -2.19. The Morgan fingerprint density at radius 3 is 2.00 bits per heavy atom. The average Bonchev–Trinajstić information content (AvgIpc) is 2.98. The highest BCUT2D eigenvalue weighted by Crippen LogP contribution is 2.42. The molecule has 0 aliphatic carbocycles. The minimum Gasteiger partial charge on any atom is -0.463 e. The molecule has 12 heteroatoms. The van der Waals surface area contributed by atoms with Crippen LogP contribution in [-0.2, 0) is 19.6 Å². The molecule has 0 aliphatic heterocycles. The summed E-state index contributed by atoms with van der Waals surface area (Å²) in [6, 6.07) is 7.16. The molecule has 1 aromatic heterocycles. The van der Waals surface area contributed by atoms with Crippen LogP contribution in [0.4, 0.5) is 13.2 Å². The van der Waals surface area contributed by atoms with E-state index in [0.29, 0.717) is 0 Å². The third-order valence-corrected chi connectivity index (χ3v) is 4.31. The summed E-state index contributed by atoms with van der Waals surface area (Å²) >= 11 is 0. The van der Waals surface area contributed by atoms with Crippen molar-refractivity contribution in [3.05, 3.63) is 41.9 Å². The van der Waals surface area contributed by atoms with Crippen molar-refractivity contribution >= 4 is 22.1 Å². The monoisotopic (exact) mass is 450 g/mol. The van der Waals surface area contributed by atoms with Crippen LogP contribution in [0.3, 0.4) is 0 Å². The summed E-state index contributed by atoms with van der Waals surface area (Å²) in [5, 5.41) is 0. The van der Waals surface area contributed by atoms with Crippen LogP contribution in [-0.4, -0.2) is 38.6 Å². The molecule has 0 saturated heterocycles. The van der Waals surface area contributed by atoms with Gasteiger partial charge >= 0.3 is 27.6 Å². The molecule has 2 aromatic rings. The van der Waals surface area contributed by atoms with Gasteiger partial charge in [-0.05, 0) is 26.3 Å². The molecule has 0 bridgehead atoms. The van der Waals surface area contributed by atoms with Crippen molar-refractivity contribution in [2.75, 3.05) is 7.11 Å². The third kappa shape index (κ3) is 4.93. The molecular formula is C18H17F3O8S. The quantitative estimate of drug-likeness (QED) is 0.383. The lowest BCUT2D eigenvalue weighted by atomic mass is 10.0. The van der Waals surface area contributed by atoms with Crippen LogP contribution in [0.5, 0.6) is 5.75 Å². The highest BCUT2D eigenvalue weighted by molar-refractivity contribution is 7.88. The number of hydrogen-bond donors (Lipinski definition) is 0. The number of furan rings is 1. The molecule has 0 amide bonds. The first-order valence-corrected chi connectivity index (χ1v) is 9.63. The first-order chi connectivity index (χ1) is 13.7. The minimum absolute atomic E-state index is 0.0321. The number of alkyl halides is 3. The maximum atomic E-state index is 12.9. The van der Waals surface area contributed by atoms with Gasteiger partial charge < -0.3 is 18.1 Å². The fraction of sp³-hybridized carbons (Fsp3) is 0.333. The van der Waals surface area contributed by atoms with Gasteiger partial charge in [0.15, 0.2) is 0 Å². The van der Waals surface area contributed by atoms with Gasteiger partial charge in [0.2, 0.25) is 11.5 Å². The lowest BCUT2D eigenvalue weighted by molar-refractivity contribution is -0.0500. The van der Waals surface area contributed by atoms with Crippen LogP contribution in [0.15, 0.2) is 34.7 Å². The Bertz CT molecular complexity index is 1050. The van der Waals surface area contributed by atoms with E-state index in [2.05, 4.69) is 8.92 Å². The molecule has 0 atom stereocenters. The molecule has 0 saturated carbocycles. The lowest BCUT2D eigenvalue weighted by Crippen LogP contribution is -2.28. The topological polar surface area (TPSA) is 109 Å². The van der Waals surface area contributed by atoms with Crippen LogP contribution in [0.2, 0.25) is 0 Å². The summed E-state index contributed by atoms with van der Waals surface area (Å²) in [4.78, 5) is 24.6. The van der Waals surface area contributed by atoms with Crippen molar-refractivity contribution in [1.82, 2.24) is 0 Å². The number of halogens is 3. The Morgan fingerprint density at radius 1 is 0.967 bits per heavy atom. The Hall–Kier alpha value is -3.02. The fourth-order valence-electron chi connectivity index (χ4n) is 2.21. The first-order valence-electron chi connectivity index (χ1n) is 8.22. The maximum Gasteiger partial charge on any atom is 0.534 e. The van der Waals surface area contributed by atoms with Crippen molar-refractivity contribution < 1.29 is 49.3 Å². The first kappa shape index (κ1) is 23.3. The second-order valence-corrected chi connectivity index (χ2v) is 8.34. The van der Waals surface area contributed by atoms with Gasteiger partial charge in [-0.2, -0.15) is 21.6 Å². The molecule has 1 heterocycles. The highest BCUT2D eigenvalue weighted by Gasteiger charge is 2.50. The van der Waals surface area contributed by atoms with Gasteiger partial charge in [0, 0.05) is 0 Å². The van der Waals surface area contributed by atoms with E-state index in [-0.39, 0.29) is 5.56 Å². The zero-order chi connectivity index (χ0) is 22.9. The number of benzene rings is 1. The van der Waals surface area contributed by atoms with Gasteiger partial charge in [-0.15, -0.1) is 0 Å². The van der Waals surface area contributed by atoms with Crippen LogP contribution in [0.1, 0.15) is 41.9 Å². The molecule has 164 valence electrons. The number of ether oxygens (including phenoxy) is 2. The smallest absolute Gasteiger partial charge is 0.463 e. The summed E-state index contributed by atoms with van der Waals surface area (Å²) in [5.74, 6) is -5.46. The van der Waals surface area contributed by atoms with E-state index in [0.717, 1.165) is 7.11 Å². The third-order valence-electron chi connectivity index (χ3n) is 3.36. The number of rotatable bonds is 5. The minimum atomic E-state index is -6.21. The van der Waals surface area contributed by atoms with E-state index >= 15 is 0 Å². The number of methoxy groups -OCH3 is 1. The van der Waals surface area contributed by atoms with Crippen LogP contribution >= 0.6 is 0 Å². The van der Waals surface area contributed by atoms with E-state index in [1.165, 1.54) is 45.0 Å². The van der Waals surface area contributed by atoms with Gasteiger partial charge in [-0.1, -0.05) is 30.3 Å². The Kier molecular flexibility index (Phi) is 6.21. The predicted octanol–water partition coefficient (Wildman–Crippen LogP) is 3.92. The molecule has 1 aromatic carbocycles. The summed E-state index contributed by atoms with van der Waals surface area (Å²) in [6.45, 7) is 4.55. The molecular weight excluding hydrogens is 433 g/mol. The van der Waals surface area contributed by atoms with Crippen molar-refractivity contribution in [1.29, 1.82) is 0 Å². The van der Waals surface area contributed by atoms with Crippen LogP contribution in [0, 0.1) is 0 Å². The second-order valence-electron chi connectivity index (χ2n) is 6.81. The van der Waals surface area contributed by atoms with Gasteiger partial charge in [-0.25, -0.2) is 9.59 Å². The van der Waals surface area contributed by atoms with Crippen molar-refractivity contribution in [2.24, 2.45) is 0 Å². The molecule has 0 radical (unpaired) electrons. The van der Waals surface area contributed by atoms with E-state index in [9.17, 15) is 31.2 Å². The largest absolute Gasteiger partial charge is 0.534 e. The zero-order valence-corrected chi connectivity index (χ0v) is 17.0.